The maximum atomic E-state index is 6.16. The molecule has 17 heavy (non-hydrogen) atoms. The molecule has 1 rings (SSSR count). The van der Waals surface area contributed by atoms with E-state index in [2.05, 4.69) is 20.8 Å². The van der Waals surface area contributed by atoms with Gasteiger partial charge in [0, 0.05) is 11.6 Å². The minimum absolute atomic E-state index is 0.264. The third kappa shape index (κ3) is 5.07. The zero-order chi connectivity index (χ0) is 12.8. The van der Waals surface area contributed by atoms with Crippen molar-refractivity contribution in [3.05, 3.63) is 34.3 Å². The molecule has 2 N–H and O–H groups in total. The van der Waals surface area contributed by atoms with Gasteiger partial charge in [0.2, 0.25) is 0 Å². The van der Waals surface area contributed by atoms with Crippen LogP contribution in [0.4, 0.5) is 0 Å². The van der Waals surface area contributed by atoms with Gasteiger partial charge < -0.3 is 10.5 Å². The Morgan fingerprint density at radius 1 is 1.29 bits per heavy atom. The maximum absolute atomic E-state index is 6.16. The molecule has 0 aliphatic heterocycles. The van der Waals surface area contributed by atoms with Crippen LogP contribution in [0.3, 0.4) is 0 Å². The van der Waals surface area contributed by atoms with Gasteiger partial charge in [-0.05, 0) is 36.5 Å². The van der Waals surface area contributed by atoms with E-state index in [9.17, 15) is 0 Å². The Hall–Kier alpha value is -0.570. The molecule has 0 heterocycles. The summed E-state index contributed by atoms with van der Waals surface area (Å²) in [7, 11) is 0. The molecule has 1 atom stereocenters. The maximum Gasteiger partial charge on any atom is 0.0734 e. The quantitative estimate of drug-likeness (QED) is 0.840. The lowest BCUT2D eigenvalue weighted by atomic mass is 10.1. The molecule has 1 unspecified atom stereocenters. The number of halogens is 1. The minimum Gasteiger partial charge on any atom is -0.374 e. The van der Waals surface area contributed by atoms with E-state index in [1.165, 1.54) is 0 Å². The van der Waals surface area contributed by atoms with Crippen LogP contribution in [0, 0.1) is 5.92 Å². The summed E-state index contributed by atoms with van der Waals surface area (Å²) in [4.78, 5) is 0. The fraction of sp³-hybridized carbons (Fsp3) is 0.571. The van der Waals surface area contributed by atoms with E-state index >= 15 is 0 Å². The lowest BCUT2D eigenvalue weighted by molar-refractivity contribution is 0.0397. The van der Waals surface area contributed by atoms with Crippen molar-refractivity contribution >= 4 is 11.6 Å². The largest absolute Gasteiger partial charge is 0.374 e. The molecule has 0 aliphatic carbocycles. The zero-order valence-electron chi connectivity index (χ0n) is 10.9. The molecule has 0 fully saturated rings. The smallest absolute Gasteiger partial charge is 0.0734 e. The lowest BCUT2D eigenvalue weighted by Crippen LogP contribution is -2.11. The Bertz CT molecular complexity index is 352. The summed E-state index contributed by atoms with van der Waals surface area (Å²) >= 11 is 6.16. The summed E-state index contributed by atoms with van der Waals surface area (Å²) in [5, 5.41) is 0.740. The van der Waals surface area contributed by atoms with E-state index in [4.69, 9.17) is 22.1 Å². The van der Waals surface area contributed by atoms with Crippen LogP contribution in [0.5, 0.6) is 0 Å². The van der Waals surface area contributed by atoms with Crippen LogP contribution >= 0.6 is 11.6 Å². The molecule has 0 bridgehead atoms. The molecule has 0 spiro atoms. The van der Waals surface area contributed by atoms with E-state index in [0.717, 1.165) is 22.6 Å². The second kappa shape index (κ2) is 7.00. The monoisotopic (exact) mass is 255 g/mol. The molecule has 0 saturated heterocycles. The van der Waals surface area contributed by atoms with Gasteiger partial charge in [-0.15, -0.1) is 0 Å². The second-order valence-corrected chi connectivity index (χ2v) is 5.29. The molecule has 1 aromatic rings. The van der Waals surface area contributed by atoms with Gasteiger partial charge in [-0.25, -0.2) is 0 Å². The highest BCUT2D eigenvalue weighted by molar-refractivity contribution is 6.31. The second-order valence-electron chi connectivity index (χ2n) is 4.88. The van der Waals surface area contributed by atoms with E-state index in [1.54, 1.807) is 0 Å². The van der Waals surface area contributed by atoms with Gasteiger partial charge in [0.1, 0.15) is 0 Å². The first-order valence-corrected chi connectivity index (χ1v) is 6.49. The molecule has 3 heteroatoms. The fourth-order valence-corrected chi connectivity index (χ4v) is 2.06. The zero-order valence-corrected chi connectivity index (χ0v) is 11.6. The molecule has 0 saturated carbocycles. The van der Waals surface area contributed by atoms with Gasteiger partial charge in [0.05, 0.1) is 12.7 Å². The number of benzene rings is 1. The molecule has 96 valence electrons. The highest BCUT2D eigenvalue weighted by Gasteiger charge is 2.07. The average Bonchev–Trinajstić information content (AvgIpc) is 2.26. The fourth-order valence-electron chi connectivity index (χ4n) is 1.80. The standard InChI is InChI=1S/C14H22ClNO/c1-10(2)6-11(3)17-9-13-5-4-12(8-16)7-14(13)15/h4-5,7,10-11H,6,8-9,16H2,1-3H3. The Morgan fingerprint density at radius 2 is 2.00 bits per heavy atom. The van der Waals surface area contributed by atoms with E-state index in [0.29, 0.717) is 19.1 Å². The third-order valence-electron chi connectivity index (χ3n) is 2.68. The van der Waals surface area contributed by atoms with Gasteiger partial charge in [-0.1, -0.05) is 37.6 Å². The molecular weight excluding hydrogens is 234 g/mol. The van der Waals surface area contributed by atoms with E-state index in [-0.39, 0.29) is 6.10 Å². The van der Waals surface area contributed by atoms with Crippen LogP contribution in [-0.4, -0.2) is 6.10 Å². The molecule has 0 aliphatic rings. The van der Waals surface area contributed by atoms with Crippen LogP contribution in [0.1, 0.15) is 38.3 Å². The molecular formula is C14H22ClNO. The van der Waals surface area contributed by atoms with Crippen LogP contribution in [0.25, 0.3) is 0 Å². The molecule has 1 aromatic carbocycles. The first-order chi connectivity index (χ1) is 8.02. The lowest BCUT2D eigenvalue weighted by Gasteiger charge is -2.16. The van der Waals surface area contributed by atoms with Crippen molar-refractivity contribution in [1.82, 2.24) is 0 Å². The van der Waals surface area contributed by atoms with Crippen molar-refractivity contribution in [3.8, 4) is 0 Å². The summed E-state index contributed by atoms with van der Waals surface area (Å²) < 4.78 is 5.78. The van der Waals surface area contributed by atoms with Crippen molar-refractivity contribution < 1.29 is 4.74 Å². The predicted molar refractivity (Wildman–Crippen MR) is 73.0 cm³/mol. The summed E-state index contributed by atoms with van der Waals surface area (Å²) in [6.07, 6.45) is 1.33. The van der Waals surface area contributed by atoms with Crippen LogP contribution < -0.4 is 5.73 Å². The molecule has 2 nitrogen and oxygen atoms in total. The highest BCUT2D eigenvalue weighted by atomic mass is 35.5. The summed E-state index contributed by atoms with van der Waals surface area (Å²) in [5.74, 6) is 0.653. The Morgan fingerprint density at radius 3 is 2.53 bits per heavy atom. The van der Waals surface area contributed by atoms with Crippen molar-refractivity contribution in [2.24, 2.45) is 11.7 Å². The topological polar surface area (TPSA) is 35.2 Å². The number of rotatable bonds is 6. The van der Waals surface area contributed by atoms with Crippen LogP contribution in [0.2, 0.25) is 5.02 Å². The van der Waals surface area contributed by atoms with E-state index < -0.39 is 0 Å². The normalized spacial score (nSPS) is 13.1. The Labute approximate surface area is 109 Å². The van der Waals surface area contributed by atoms with Gasteiger partial charge in [-0.2, -0.15) is 0 Å². The number of ether oxygens (including phenoxy) is 1. The number of hydrogen-bond acceptors (Lipinski definition) is 2. The molecule has 0 aromatic heterocycles. The van der Waals surface area contributed by atoms with Gasteiger partial charge >= 0.3 is 0 Å². The van der Waals surface area contributed by atoms with Crippen LogP contribution in [0.15, 0.2) is 18.2 Å². The summed E-state index contributed by atoms with van der Waals surface area (Å²) in [6, 6.07) is 5.90. The van der Waals surface area contributed by atoms with Crippen molar-refractivity contribution in [2.45, 2.75) is 46.4 Å². The Balaban J connectivity index is 2.51. The summed E-state index contributed by atoms with van der Waals surface area (Å²) in [6.45, 7) is 7.58. The van der Waals surface area contributed by atoms with Crippen molar-refractivity contribution in [3.63, 3.8) is 0 Å². The van der Waals surface area contributed by atoms with Gasteiger partial charge in [0.25, 0.3) is 0 Å². The predicted octanol–water partition coefficient (Wildman–Crippen LogP) is 3.75. The van der Waals surface area contributed by atoms with Crippen LogP contribution in [-0.2, 0) is 17.9 Å². The number of nitrogens with two attached hydrogens (primary N) is 1. The Kier molecular flexibility index (Phi) is 5.96. The average molecular weight is 256 g/mol. The SMILES string of the molecule is CC(C)CC(C)OCc1ccc(CN)cc1Cl. The van der Waals surface area contributed by atoms with E-state index in [1.807, 2.05) is 18.2 Å². The molecule has 0 radical (unpaired) electrons. The highest BCUT2D eigenvalue weighted by Crippen LogP contribution is 2.20. The first kappa shape index (κ1) is 14.5. The van der Waals surface area contributed by atoms with Crippen molar-refractivity contribution in [1.29, 1.82) is 0 Å². The molecule has 0 amide bonds. The first-order valence-electron chi connectivity index (χ1n) is 6.12. The van der Waals surface area contributed by atoms with Gasteiger partial charge in [0.15, 0.2) is 0 Å². The number of hydrogen-bond donors (Lipinski definition) is 1. The third-order valence-corrected chi connectivity index (χ3v) is 3.03. The van der Waals surface area contributed by atoms with Crippen molar-refractivity contribution in [2.75, 3.05) is 0 Å². The minimum atomic E-state index is 0.264. The van der Waals surface area contributed by atoms with Gasteiger partial charge in [-0.3, -0.25) is 0 Å². The summed E-state index contributed by atoms with van der Waals surface area (Å²) in [5.41, 5.74) is 7.63.